The molecule has 144 valence electrons. The highest BCUT2D eigenvalue weighted by Gasteiger charge is 2.26. The normalized spacial score (nSPS) is 16.5. The fourth-order valence-corrected chi connectivity index (χ4v) is 3.30. The molecule has 0 radical (unpaired) electrons. The van der Waals surface area contributed by atoms with Gasteiger partial charge in [0.25, 0.3) is 11.5 Å². The summed E-state index contributed by atoms with van der Waals surface area (Å²) in [7, 11) is 1.60. The Kier molecular flexibility index (Phi) is 4.30. The van der Waals surface area contributed by atoms with Crippen molar-refractivity contribution in [1.82, 2.24) is 24.5 Å². The summed E-state index contributed by atoms with van der Waals surface area (Å²) in [6.45, 7) is 1.15. The zero-order chi connectivity index (χ0) is 19.8. The summed E-state index contributed by atoms with van der Waals surface area (Å²) in [5, 5.41) is 16.5. The van der Waals surface area contributed by atoms with E-state index in [1.165, 1.54) is 21.3 Å². The maximum atomic E-state index is 12.4. The van der Waals surface area contributed by atoms with Gasteiger partial charge < -0.3 is 19.9 Å². The Morgan fingerprint density at radius 2 is 2.11 bits per heavy atom. The summed E-state index contributed by atoms with van der Waals surface area (Å²) in [5.74, 6) is -0.909. The van der Waals surface area contributed by atoms with Gasteiger partial charge in [-0.05, 0) is 30.7 Å². The SMILES string of the molecule is Cn1cccc(C(=O)N[C@H]2CCN(c3ccc4ncc(C(=O)O)n4n3)C2)c1=O. The van der Waals surface area contributed by atoms with Gasteiger partial charge in [-0.3, -0.25) is 9.59 Å². The monoisotopic (exact) mass is 382 g/mol. The topological polar surface area (TPSA) is 122 Å². The Balaban J connectivity index is 1.50. The van der Waals surface area contributed by atoms with Gasteiger partial charge in [0, 0.05) is 32.4 Å². The molecule has 0 aliphatic carbocycles. The molecule has 2 N–H and O–H groups in total. The standard InChI is InChI=1S/C18H18N6O4/c1-22-7-2-3-12(17(22)26)16(25)20-11-6-8-23(10-11)15-5-4-14-19-9-13(18(27)28)24(14)21-15/h2-5,7,9,11H,6,8,10H2,1H3,(H,20,25)(H,27,28)/t11-/m0/s1. The van der Waals surface area contributed by atoms with E-state index in [0.29, 0.717) is 31.0 Å². The predicted octanol–water partition coefficient (Wildman–Crippen LogP) is 0.135. The van der Waals surface area contributed by atoms with E-state index in [9.17, 15) is 19.5 Å². The molecule has 1 aliphatic rings. The average Bonchev–Trinajstić information content (AvgIpc) is 3.30. The number of carboxylic acids is 1. The number of carbonyl (C=O) groups excluding carboxylic acids is 1. The molecule has 10 nitrogen and oxygen atoms in total. The van der Waals surface area contributed by atoms with Crippen LogP contribution in [-0.4, -0.2) is 55.3 Å². The summed E-state index contributed by atoms with van der Waals surface area (Å²) in [4.78, 5) is 41.8. The van der Waals surface area contributed by atoms with Crippen molar-refractivity contribution >= 4 is 23.3 Å². The fraction of sp³-hybridized carbons (Fsp3) is 0.278. The van der Waals surface area contributed by atoms with Crippen LogP contribution in [0.5, 0.6) is 0 Å². The number of amides is 1. The number of pyridine rings is 1. The van der Waals surface area contributed by atoms with Crippen LogP contribution >= 0.6 is 0 Å². The number of nitrogens with one attached hydrogen (secondary N) is 1. The van der Waals surface area contributed by atoms with Gasteiger partial charge in [0.1, 0.15) is 11.4 Å². The molecule has 1 amide bonds. The first-order valence-electron chi connectivity index (χ1n) is 8.73. The molecule has 0 unspecified atom stereocenters. The number of aromatic nitrogens is 4. The Labute approximate surface area is 159 Å². The second-order valence-electron chi connectivity index (χ2n) is 6.65. The molecule has 1 aliphatic heterocycles. The molecular formula is C18H18N6O4. The molecule has 0 saturated carbocycles. The van der Waals surface area contributed by atoms with E-state index in [-0.39, 0.29) is 22.9 Å². The van der Waals surface area contributed by atoms with Crippen molar-refractivity contribution < 1.29 is 14.7 Å². The van der Waals surface area contributed by atoms with Crippen molar-refractivity contribution in [3.05, 3.63) is 58.3 Å². The Hall–Kier alpha value is -3.69. The molecule has 0 spiro atoms. The molecule has 3 aromatic rings. The van der Waals surface area contributed by atoms with E-state index in [0.717, 1.165) is 0 Å². The van der Waals surface area contributed by atoms with Gasteiger partial charge in [0.2, 0.25) is 0 Å². The van der Waals surface area contributed by atoms with Crippen molar-refractivity contribution in [1.29, 1.82) is 0 Å². The summed E-state index contributed by atoms with van der Waals surface area (Å²) >= 11 is 0. The molecule has 4 heterocycles. The lowest BCUT2D eigenvalue weighted by Gasteiger charge is -2.18. The van der Waals surface area contributed by atoms with E-state index in [4.69, 9.17) is 0 Å². The average molecular weight is 382 g/mol. The van der Waals surface area contributed by atoms with Gasteiger partial charge >= 0.3 is 5.97 Å². The summed E-state index contributed by atoms with van der Waals surface area (Å²) in [5.41, 5.74) is 0.196. The third-order valence-corrected chi connectivity index (χ3v) is 4.78. The van der Waals surface area contributed by atoms with E-state index in [1.54, 1.807) is 31.4 Å². The number of hydrogen-bond acceptors (Lipinski definition) is 6. The highest BCUT2D eigenvalue weighted by molar-refractivity contribution is 5.94. The van der Waals surface area contributed by atoms with Crippen LogP contribution in [0.3, 0.4) is 0 Å². The number of rotatable bonds is 4. The smallest absolute Gasteiger partial charge is 0.356 e. The lowest BCUT2D eigenvalue weighted by molar-refractivity contribution is 0.0687. The van der Waals surface area contributed by atoms with E-state index in [1.807, 2.05) is 4.90 Å². The van der Waals surface area contributed by atoms with Gasteiger partial charge in [-0.2, -0.15) is 0 Å². The Bertz CT molecular complexity index is 1130. The molecular weight excluding hydrogens is 364 g/mol. The number of carboxylic acid groups (broad SMARTS) is 1. The largest absolute Gasteiger partial charge is 0.476 e. The highest BCUT2D eigenvalue weighted by Crippen LogP contribution is 2.19. The first-order chi connectivity index (χ1) is 13.4. The van der Waals surface area contributed by atoms with Crippen molar-refractivity contribution in [3.8, 4) is 0 Å². The Morgan fingerprint density at radius 3 is 2.89 bits per heavy atom. The molecule has 28 heavy (non-hydrogen) atoms. The lowest BCUT2D eigenvalue weighted by atomic mass is 10.2. The molecule has 10 heteroatoms. The van der Waals surface area contributed by atoms with Crippen LogP contribution < -0.4 is 15.8 Å². The van der Waals surface area contributed by atoms with Crippen molar-refractivity contribution in [3.63, 3.8) is 0 Å². The van der Waals surface area contributed by atoms with Gasteiger partial charge in [-0.1, -0.05) is 0 Å². The van der Waals surface area contributed by atoms with E-state index < -0.39 is 11.9 Å². The first kappa shape index (κ1) is 17.7. The number of anilines is 1. The number of nitrogens with zero attached hydrogens (tertiary/aromatic N) is 5. The van der Waals surface area contributed by atoms with Crippen LogP contribution in [0.4, 0.5) is 5.82 Å². The highest BCUT2D eigenvalue weighted by atomic mass is 16.4. The minimum absolute atomic E-state index is 0.0131. The number of aryl methyl sites for hydroxylation is 1. The summed E-state index contributed by atoms with van der Waals surface area (Å²) in [6.07, 6.45) is 3.55. The summed E-state index contributed by atoms with van der Waals surface area (Å²) in [6, 6.07) is 6.49. The van der Waals surface area contributed by atoms with Crippen LogP contribution in [0.2, 0.25) is 0 Å². The maximum Gasteiger partial charge on any atom is 0.356 e. The molecule has 1 saturated heterocycles. The Morgan fingerprint density at radius 1 is 1.29 bits per heavy atom. The zero-order valence-corrected chi connectivity index (χ0v) is 15.1. The van der Waals surface area contributed by atoms with Gasteiger partial charge in [-0.25, -0.2) is 14.3 Å². The third-order valence-electron chi connectivity index (χ3n) is 4.78. The van der Waals surface area contributed by atoms with Gasteiger partial charge in [-0.15, -0.1) is 5.10 Å². The molecule has 1 fully saturated rings. The molecule has 3 aromatic heterocycles. The number of imidazole rings is 1. The fourth-order valence-electron chi connectivity index (χ4n) is 3.30. The second-order valence-corrected chi connectivity index (χ2v) is 6.65. The van der Waals surface area contributed by atoms with Crippen molar-refractivity contribution in [2.45, 2.75) is 12.5 Å². The second kappa shape index (κ2) is 6.80. The van der Waals surface area contributed by atoms with Crippen LogP contribution in [0.25, 0.3) is 5.65 Å². The first-order valence-corrected chi connectivity index (χ1v) is 8.73. The van der Waals surface area contributed by atoms with Crippen LogP contribution in [0, 0.1) is 0 Å². The van der Waals surface area contributed by atoms with E-state index >= 15 is 0 Å². The number of fused-ring (bicyclic) bond motifs is 1. The predicted molar refractivity (Wildman–Crippen MR) is 99.7 cm³/mol. The minimum atomic E-state index is -1.10. The number of carbonyl (C=O) groups is 2. The minimum Gasteiger partial charge on any atom is -0.476 e. The van der Waals surface area contributed by atoms with Crippen molar-refractivity contribution in [2.75, 3.05) is 18.0 Å². The number of hydrogen-bond donors (Lipinski definition) is 2. The van der Waals surface area contributed by atoms with Crippen LogP contribution in [0.1, 0.15) is 27.3 Å². The van der Waals surface area contributed by atoms with Crippen molar-refractivity contribution in [2.24, 2.45) is 7.05 Å². The molecule has 1 atom stereocenters. The zero-order valence-electron chi connectivity index (χ0n) is 15.1. The maximum absolute atomic E-state index is 12.4. The van der Waals surface area contributed by atoms with Gasteiger partial charge in [0.05, 0.1) is 6.20 Å². The quantitative estimate of drug-likeness (QED) is 0.658. The van der Waals surface area contributed by atoms with Crippen LogP contribution in [0.15, 0.2) is 41.5 Å². The lowest BCUT2D eigenvalue weighted by Crippen LogP contribution is -2.40. The van der Waals surface area contributed by atoms with Gasteiger partial charge in [0.15, 0.2) is 11.3 Å². The van der Waals surface area contributed by atoms with E-state index in [2.05, 4.69) is 15.4 Å². The molecule has 0 bridgehead atoms. The molecule has 4 rings (SSSR count). The summed E-state index contributed by atoms with van der Waals surface area (Å²) < 4.78 is 2.65. The third kappa shape index (κ3) is 3.08. The van der Waals surface area contributed by atoms with Crippen LogP contribution in [-0.2, 0) is 7.05 Å². The molecule has 0 aromatic carbocycles. The number of aromatic carboxylic acids is 1.